The van der Waals surface area contributed by atoms with Gasteiger partial charge in [0.05, 0.1) is 0 Å². The molecule has 3 heteroatoms. The van der Waals surface area contributed by atoms with Crippen LogP contribution in [0.5, 0.6) is 0 Å². The second-order valence-corrected chi connectivity index (χ2v) is 7.77. The molecule has 2 N–H and O–H groups in total. The van der Waals surface area contributed by atoms with E-state index in [1.165, 1.54) is 51.9 Å². The molecular weight excluding hydrogens is 246 g/mol. The topological polar surface area (TPSA) is 32.5 Å². The molecule has 0 radical (unpaired) electrons. The Morgan fingerprint density at radius 3 is 2.25 bits per heavy atom. The van der Waals surface area contributed by atoms with Gasteiger partial charge in [0.25, 0.3) is 0 Å². The first-order chi connectivity index (χ1) is 9.48. The molecule has 1 unspecified atom stereocenters. The molecule has 20 heavy (non-hydrogen) atoms. The third-order valence-corrected chi connectivity index (χ3v) is 5.47. The van der Waals surface area contributed by atoms with E-state index < -0.39 is 0 Å². The first-order valence-electron chi connectivity index (χ1n) is 8.67. The van der Waals surface area contributed by atoms with Crippen molar-refractivity contribution in [2.75, 3.05) is 32.7 Å². The minimum absolute atomic E-state index is 0.291. The SMILES string of the molecule is CC(C)CN1CCC(CN)(N2CCCC2C(C)C)CC1. The van der Waals surface area contributed by atoms with Crippen LogP contribution in [0.1, 0.15) is 53.4 Å². The number of hydrogen-bond acceptors (Lipinski definition) is 3. The molecule has 3 nitrogen and oxygen atoms in total. The van der Waals surface area contributed by atoms with Crippen LogP contribution in [0, 0.1) is 11.8 Å². The lowest BCUT2D eigenvalue weighted by Gasteiger charge is -2.50. The molecule has 1 atom stereocenters. The number of rotatable bonds is 5. The maximum atomic E-state index is 6.27. The highest BCUT2D eigenvalue weighted by Crippen LogP contribution is 2.37. The van der Waals surface area contributed by atoms with Crippen LogP contribution in [-0.2, 0) is 0 Å². The Morgan fingerprint density at radius 1 is 1.10 bits per heavy atom. The second-order valence-electron chi connectivity index (χ2n) is 7.77. The normalized spacial score (nSPS) is 28.6. The zero-order valence-corrected chi connectivity index (χ0v) is 14.1. The third kappa shape index (κ3) is 3.37. The zero-order valence-electron chi connectivity index (χ0n) is 14.1. The van der Waals surface area contributed by atoms with E-state index in [2.05, 4.69) is 37.5 Å². The third-order valence-electron chi connectivity index (χ3n) is 5.47. The molecule has 0 amide bonds. The average Bonchev–Trinajstić information content (AvgIpc) is 2.89. The van der Waals surface area contributed by atoms with Crippen LogP contribution in [0.2, 0.25) is 0 Å². The van der Waals surface area contributed by atoms with Crippen LogP contribution >= 0.6 is 0 Å². The fourth-order valence-electron chi connectivity index (χ4n) is 4.35. The summed E-state index contributed by atoms with van der Waals surface area (Å²) in [5.74, 6) is 1.53. The zero-order chi connectivity index (χ0) is 14.8. The second kappa shape index (κ2) is 6.76. The molecule has 0 aromatic heterocycles. The summed E-state index contributed by atoms with van der Waals surface area (Å²) in [6.07, 6.45) is 5.26. The van der Waals surface area contributed by atoms with Crippen LogP contribution in [0.25, 0.3) is 0 Å². The highest BCUT2D eigenvalue weighted by molar-refractivity contribution is 5.01. The Kier molecular flexibility index (Phi) is 5.49. The molecule has 2 heterocycles. The summed E-state index contributed by atoms with van der Waals surface area (Å²) in [6.45, 7) is 15.2. The van der Waals surface area contributed by atoms with Gasteiger partial charge >= 0.3 is 0 Å². The van der Waals surface area contributed by atoms with Crippen molar-refractivity contribution < 1.29 is 0 Å². The maximum Gasteiger partial charge on any atom is 0.0359 e. The van der Waals surface area contributed by atoms with Crippen molar-refractivity contribution in [1.29, 1.82) is 0 Å². The summed E-state index contributed by atoms with van der Waals surface area (Å²) in [6, 6.07) is 0.759. The van der Waals surface area contributed by atoms with Crippen molar-refractivity contribution in [2.24, 2.45) is 17.6 Å². The predicted molar refractivity (Wildman–Crippen MR) is 86.9 cm³/mol. The van der Waals surface area contributed by atoms with Gasteiger partial charge in [-0.2, -0.15) is 0 Å². The summed E-state index contributed by atoms with van der Waals surface area (Å²) in [5, 5.41) is 0. The maximum absolute atomic E-state index is 6.27. The number of likely N-dealkylation sites (tertiary alicyclic amines) is 2. The fourth-order valence-corrected chi connectivity index (χ4v) is 4.35. The van der Waals surface area contributed by atoms with Crippen LogP contribution in [-0.4, -0.2) is 54.1 Å². The van der Waals surface area contributed by atoms with Gasteiger partial charge in [-0.1, -0.05) is 27.7 Å². The van der Waals surface area contributed by atoms with Gasteiger partial charge in [-0.25, -0.2) is 0 Å². The molecule has 2 fully saturated rings. The highest BCUT2D eigenvalue weighted by Gasteiger charge is 2.44. The minimum atomic E-state index is 0.291. The molecule has 0 aromatic carbocycles. The van der Waals surface area contributed by atoms with Crippen molar-refractivity contribution in [3.05, 3.63) is 0 Å². The Morgan fingerprint density at radius 2 is 1.75 bits per heavy atom. The first kappa shape index (κ1) is 16.3. The number of hydrogen-bond donors (Lipinski definition) is 1. The Balaban J connectivity index is 2.01. The monoisotopic (exact) mass is 281 g/mol. The van der Waals surface area contributed by atoms with Crippen LogP contribution in [0.4, 0.5) is 0 Å². The van der Waals surface area contributed by atoms with E-state index in [9.17, 15) is 0 Å². The minimum Gasteiger partial charge on any atom is -0.329 e. The summed E-state index contributed by atoms with van der Waals surface area (Å²) < 4.78 is 0. The molecular formula is C17H35N3. The molecule has 2 saturated heterocycles. The summed E-state index contributed by atoms with van der Waals surface area (Å²) in [7, 11) is 0. The number of piperidine rings is 1. The largest absolute Gasteiger partial charge is 0.329 e. The lowest BCUT2D eigenvalue weighted by Crippen LogP contribution is -2.61. The van der Waals surface area contributed by atoms with E-state index in [1.54, 1.807) is 0 Å². The summed E-state index contributed by atoms with van der Waals surface area (Å²) >= 11 is 0. The van der Waals surface area contributed by atoms with Crippen molar-refractivity contribution in [1.82, 2.24) is 9.80 Å². The van der Waals surface area contributed by atoms with Gasteiger partial charge in [0.15, 0.2) is 0 Å². The molecule has 0 bridgehead atoms. The molecule has 0 saturated carbocycles. The number of nitrogens with zero attached hydrogens (tertiary/aromatic N) is 2. The van der Waals surface area contributed by atoms with Gasteiger partial charge in [-0.15, -0.1) is 0 Å². The Labute approximate surface area is 125 Å². The van der Waals surface area contributed by atoms with E-state index in [0.29, 0.717) is 5.54 Å². The van der Waals surface area contributed by atoms with Gasteiger partial charge in [-0.05, 0) is 57.2 Å². The average molecular weight is 281 g/mol. The van der Waals surface area contributed by atoms with E-state index >= 15 is 0 Å². The van der Waals surface area contributed by atoms with Crippen LogP contribution < -0.4 is 5.73 Å². The molecule has 0 aromatic rings. The van der Waals surface area contributed by atoms with Gasteiger partial charge in [0, 0.05) is 24.7 Å². The molecule has 118 valence electrons. The molecule has 2 aliphatic heterocycles. The summed E-state index contributed by atoms with van der Waals surface area (Å²) in [4.78, 5) is 5.43. The summed E-state index contributed by atoms with van der Waals surface area (Å²) in [5.41, 5.74) is 6.56. The number of nitrogens with two attached hydrogens (primary N) is 1. The standard InChI is InChI=1S/C17H35N3/c1-14(2)12-19-10-7-17(13-18,8-11-19)20-9-5-6-16(20)15(3)4/h14-16H,5-13,18H2,1-4H3. The molecule has 0 aliphatic carbocycles. The van der Waals surface area contributed by atoms with E-state index in [-0.39, 0.29) is 0 Å². The highest BCUT2D eigenvalue weighted by atomic mass is 15.3. The Hall–Kier alpha value is -0.120. The fraction of sp³-hybridized carbons (Fsp3) is 1.00. The molecule has 0 spiro atoms. The van der Waals surface area contributed by atoms with E-state index in [1.807, 2.05) is 0 Å². The lowest BCUT2D eigenvalue weighted by molar-refractivity contribution is 0.00366. The Bertz CT molecular complexity index is 293. The lowest BCUT2D eigenvalue weighted by atomic mass is 9.83. The van der Waals surface area contributed by atoms with Crippen LogP contribution in [0.3, 0.4) is 0 Å². The van der Waals surface area contributed by atoms with Gasteiger partial charge in [0.1, 0.15) is 0 Å². The van der Waals surface area contributed by atoms with E-state index in [0.717, 1.165) is 24.4 Å². The van der Waals surface area contributed by atoms with Crippen LogP contribution in [0.15, 0.2) is 0 Å². The van der Waals surface area contributed by atoms with Gasteiger partial charge in [0.2, 0.25) is 0 Å². The molecule has 2 rings (SSSR count). The quantitative estimate of drug-likeness (QED) is 0.840. The van der Waals surface area contributed by atoms with Crippen molar-refractivity contribution in [2.45, 2.75) is 65.0 Å². The molecule has 2 aliphatic rings. The van der Waals surface area contributed by atoms with Gasteiger partial charge in [-0.3, -0.25) is 4.90 Å². The van der Waals surface area contributed by atoms with Crippen molar-refractivity contribution >= 4 is 0 Å². The van der Waals surface area contributed by atoms with E-state index in [4.69, 9.17) is 5.73 Å². The van der Waals surface area contributed by atoms with Crippen molar-refractivity contribution in [3.8, 4) is 0 Å². The van der Waals surface area contributed by atoms with Gasteiger partial charge < -0.3 is 10.6 Å². The first-order valence-corrected chi connectivity index (χ1v) is 8.67. The smallest absolute Gasteiger partial charge is 0.0359 e. The predicted octanol–water partition coefficient (Wildman–Crippen LogP) is 2.56. The van der Waals surface area contributed by atoms with Crippen molar-refractivity contribution in [3.63, 3.8) is 0 Å².